The fourth-order valence-electron chi connectivity index (χ4n) is 2.38. The lowest BCUT2D eigenvalue weighted by Gasteiger charge is -2.22. The van der Waals surface area contributed by atoms with E-state index < -0.39 is 11.9 Å². The summed E-state index contributed by atoms with van der Waals surface area (Å²) >= 11 is 0. The lowest BCUT2D eigenvalue weighted by Crippen LogP contribution is -2.46. The molecule has 1 aliphatic heterocycles. The van der Waals surface area contributed by atoms with Crippen LogP contribution in [0.15, 0.2) is 47.1 Å². The van der Waals surface area contributed by atoms with Gasteiger partial charge >= 0.3 is 0 Å². The molecule has 0 saturated carbocycles. The van der Waals surface area contributed by atoms with Crippen LogP contribution in [0.2, 0.25) is 0 Å². The molecule has 3 rings (SSSR count). The van der Waals surface area contributed by atoms with Crippen LogP contribution >= 0.6 is 0 Å². The monoisotopic (exact) mass is 256 g/mol. The molecule has 2 heterocycles. The highest BCUT2D eigenvalue weighted by atomic mass is 16.3. The molecule has 2 N–H and O–H groups in total. The normalized spacial score (nSPS) is 17.3. The number of benzene rings is 1. The quantitative estimate of drug-likeness (QED) is 0.880. The zero-order valence-electron chi connectivity index (χ0n) is 10.1. The number of hydrogen-bond acceptors (Lipinski definition) is 3. The van der Waals surface area contributed by atoms with E-state index in [9.17, 15) is 9.59 Å². The van der Waals surface area contributed by atoms with E-state index in [0.717, 1.165) is 5.56 Å². The first kappa shape index (κ1) is 11.5. The maximum Gasteiger partial charge on any atom is 0.294 e. The Morgan fingerprint density at radius 2 is 2.00 bits per heavy atom. The molecule has 19 heavy (non-hydrogen) atoms. The summed E-state index contributed by atoms with van der Waals surface area (Å²) in [4.78, 5) is 25.4. The van der Waals surface area contributed by atoms with Crippen LogP contribution in [0.4, 0.5) is 5.69 Å². The topological polar surface area (TPSA) is 76.5 Å². The van der Waals surface area contributed by atoms with Gasteiger partial charge < -0.3 is 10.2 Å². The van der Waals surface area contributed by atoms with Crippen LogP contribution in [-0.4, -0.2) is 17.9 Å². The van der Waals surface area contributed by atoms with Gasteiger partial charge in [0.25, 0.3) is 5.91 Å². The second kappa shape index (κ2) is 4.28. The van der Waals surface area contributed by atoms with Crippen molar-refractivity contribution in [1.29, 1.82) is 0 Å². The molecule has 5 heteroatoms. The number of nitrogens with zero attached hydrogens (tertiary/aromatic N) is 1. The number of carbonyl (C=O) groups excluding carboxylic acids is 2. The predicted molar refractivity (Wildman–Crippen MR) is 68.6 cm³/mol. The lowest BCUT2D eigenvalue weighted by molar-refractivity contribution is -0.119. The number of rotatable bonds is 2. The molecule has 0 aliphatic carbocycles. The number of carbonyl (C=O) groups is 2. The van der Waals surface area contributed by atoms with Gasteiger partial charge in [-0.2, -0.15) is 0 Å². The molecular weight excluding hydrogens is 244 g/mol. The molecule has 1 aliphatic rings. The number of primary amides is 1. The van der Waals surface area contributed by atoms with Crippen molar-refractivity contribution >= 4 is 17.5 Å². The van der Waals surface area contributed by atoms with Crippen molar-refractivity contribution in [3.05, 3.63) is 54.0 Å². The largest absolute Gasteiger partial charge is 0.459 e. The SMILES string of the molecule is NC(=O)C1Cc2ccccc2N1C(=O)c1ccco1. The molecule has 1 atom stereocenters. The second-order valence-electron chi connectivity index (χ2n) is 4.40. The van der Waals surface area contributed by atoms with E-state index in [2.05, 4.69) is 0 Å². The molecule has 96 valence electrons. The van der Waals surface area contributed by atoms with Crippen molar-refractivity contribution in [1.82, 2.24) is 0 Å². The summed E-state index contributed by atoms with van der Waals surface area (Å²) < 4.78 is 5.11. The Balaban J connectivity index is 2.05. The molecule has 0 fully saturated rings. The van der Waals surface area contributed by atoms with Gasteiger partial charge in [0, 0.05) is 12.1 Å². The number of nitrogens with two attached hydrogens (primary N) is 1. The minimum absolute atomic E-state index is 0.197. The first-order chi connectivity index (χ1) is 9.18. The molecule has 1 aromatic heterocycles. The first-order valence-corrected chi connectivity index (χ1v) is 5.93. The van der Waals surface area contributed by atoms with Crippen LogP contribution < -0.4 is 10.6 Å². The summed E-state index contributed by atoms with van der Waals surface area (Å²) in [5.74, 6) is -0.669. The van der Waals surface area contributed by atoms with E-state index in [-0.39, 0.29) is 11.7 Å². The summed E-state index contributed by atoms with van der Waals surface area (Å²) in [5.41, 5.74) is 7.05. The second-order valence-corrected chi connectivity index (χ2v) is 4.40. The molecule has 0 radical (unpaired) electrons. The number of amides is 2. The molecular formula is C14H12N2O3. The lowest BCUT2D eigenvalue weighted by atomic mass is 10.1. The van der Waals surface area contributed by atoms with Crippen LogP contribution in [0, 0.1) is 0 Å². The van der Waals surface area contributed by atoms with Crippen molar-refractivity contribution in [3.63, 3.8) is 0 Å². The van der Waals surface area contributed by atoms with Gasteiger partial charge in [-0.1, -0.05) is 18.2 Å². The van der Waals surface area contributed by atoms with Crippen molar-refractivity contribution < 1.29 is 14.0 Å². The molecule has 0 spiro atoms. The van der Waals surface area contributed by atoms with Crippen molar-refractivity contribution in [2.24, 2.45) is 5.73 Å². The molecule has 2 aromatic rings. The van der Waals surface area contributed by atoms with Crippen LogP contribution in [-0.2, 0) is 11.2 Å². The standard InChI is InChI=1S/C14H12N2O3/c15-13(17)11-8-9-4-1-2-5-10(9)16(11)14(18)12-6-3-7-19-12/h1-7,11H,8H2,(H2,15,17). The average molecular weight is 256 g/mol. The zero-order chi connectivity index (χ0) is 13.4. The third-order valence-electron chi connectivity index (χ3n) is 3.26. The highest BCUT2D eigenvalue weighted by Gasteiger charge is 2.38. The Kier molecular flexibility index (Phi) is 2.59. The van der Waals surface area contributed by atoms with Gasteiger partial charge in [-0.15, -0.1) is 0 Å². The van der Waals surface area contributed by atoms with Gasteiger partial charge in [0.05, 0.1) is 6.26 Å². The maximum atomic E-state index is 12.4. The first-order valence-electron chi connectivity index (χ1n) is 5.93. The van der Waals surface area contributed by atoms with Gasteiger partial charge in [0.2, 0.25) is 5.91 Å². The van der Waals surface area contributed by atoms with Gasteiger partial charge in [0.15, 0.2) is 5.76 Å². The number of fused-ring (bicyclic) bond motifs is 1. The molecule has 2 amide bonds. The molecule has 1 unspecified atom stereocenters. The van der Waals surface area contributed by atoms with Crippen LogP contribution in [0.25, 0.3) is 0 Å². The van der Waals surface area contributed by atoms with Crippen LogP contribution in [0.5, 0.6) is 0 Å². The minimum Gasteiger partial charge on any atom is -0.459 e. The number of anilines is 1. The molecule has 1 aromatic carbocycles. The summed E-state index contributed by atoms with van der Waals surface area (Å²) in [6.07, 6.45) is 1.87. The van der Waals surface area contributed by atoms with Gasteiger partial charge in [-0.3, -0.25) is 14.5 Å². The summed E-state index contributed by atoms with van der Waals surface area (Å²) in [7, 11) is 0. The highest BCUT2D eigenvalue weighted by Crippen LogP contribution is 2.33. The zero-order valence-corrected chi connectivity index (χ0v) is 10.1. The van der Waals surface area contributed by atoms with Gasteiger partial charge in [-0.05, 0) is 23.8 Å². The average Bonchev–Trinajstić information content (AvgIpc) is 3.05. The minimum atomic E-state index is -0.657. The summed E-state index contributed by atoms with van der Waals surface area (Å²) in [6, 6.07) is 9.94. The molecule has 0 bridgehead atoms. The Morgan fingerprint density at radius 3 is 2.68 bits per heavy atom. The van der Waals surface area contributed by atoms with E-state index in [4.69, 9.17) is 10.2 Å². The van der Waals surface area contributed by atoms with Crippen LogP contribution in [0.1, 0.15) is 16.1 Å². The predicted octanol–water partition coefficient (Wildman–Crippen LogP) is 1.34. The van der Waals surface area contributed by atoms with Crippen molar-refractivity contribution in [3.8, 4) is 0 Å². The van der Waals surface area contributed by atoms with E-state index in [1.165, 1.54) is 11.2 Å². The number of hydrogen-bond donors (Lipinski definition) is 1. The smallest absolute Gasteiger partial charge is 0.294 e. The summed E-state index contributed by atoms with van der Waals surface area (Å²) in [5, 5.41) is 0. The number of furan rings is 1. The number of para-hydroxylation sites is 1. The third kappa shape index (κ3) is 1.79. The fraction of sp³-hybridized carbons (Fsp3) is 0.143. The Morgan fingerprint density at radius 1 is 1.21 bits per heavy atom. The van der Waals surface area contributed by atoms with Crippen LogP contribution in [0.3, 0.4) is 0 Å². The van der Waals surface area contributed by atoms with Crippen molar-refractivity contribution in [2.75, 3.05) is 4.90 Å². The molecule has 5 nitrogen and oxygen atoms in total. The Labute approximate surface area is 109 Å². The Hall–Kier alpha value is -2.56. The molecule has 0 saturated heterocycles. The third-order valence-corrected chi connectivity index (χ3v) is 3.26. The van der Waals surface area contributed by atoms with Gasteiger partial charge in [-0.25, -0.2) is 0 Å². The van der Waals surface area contributed by atoms with Gasteiger partial charge in [0.1, 0.15) is 6.04 Å². The van der Waals surface area contributed by atoms with E-state index in [1.807, 2.05) is 18.2 Å². The summed E-state index contributed by atoms with van der Waals surface area (Å²) in [6.45, 7) is 0. The van der Waals surface area contributed by atoms with Crippen molar-refractivity contribution in [2.45, 2.75) is 12.5 Å². The highest BCUT2D eigenvalue weighted by molar-refractivity contribution is 6.10. The fourth-order valence-corrected chi connectivity index (χ4v) is 2.38. The van der Waals surface area contributed by atoms with E-state index in [1.54, 1.807) is 18.2 Å². The van der Waals surface area contributed by atoms with E-state index in [0.29, 0.717) is 12.1 Å². The Bertz CT molecular complexity index is 634. The maximum absolute atomic E-state index is 12.4. The van der Waals surface area contributed by atoms with E-state index >= 15 is 0 Å².